The van der Waals surface area contributed by atoms with Gasteiger partial charge in [-0.05, 0) is 83.7 Å². The second kappa shape index (κ2) is 16.9. The van der Waals surface area contributed by atoms with E-state index in [-0.39, 0.29) is 18.2 Å². The molecule has 1 N–H and O–H groups in total. The average Bonchev–Trinajstić information content (AvgIpc) is 3.89. The highest BCUT2D eigenvalue weighted by atomic mass is 19.4. The zero-order chi connectivity index (χ0) is 40.8. The summed E-state index contributed by atoms with van der Waals surface area (Å²) < 4.78 is 95.4. The van der Waals surface area contributed by atoms with E-state index in [0.29, 0.717) is 43.8 Å². The van der Waals surface area contributed by atoms with Gasteiger partial charge in [-0.25, -0.2) is 24.3 Å². The highest BCUT2D eigenvalue weighted by molar-refractivity contribution is 5.69. The summed E-state index contributed by atoms with van der Waals surface area (Å²) in [6.07, 6.45) is -10.3. The lowest BCUT2D eigenvalue weighted by atomic mass is 9.73. The van der Waals surface area contributed by atoms with Crippen LogP contribution in [-0.2, 0) is 43.4 Å². The number of piperidine rings is 1. The Morgan fingerprint density at radius 3 is 1.87 bits per heavy atom. The van der Waals surface area contributed by atoms with E-state index in [9.17, 15) is 35.9 Å². The number of carbonyl (C=O) groups is 2. The summed E-state index contributed by atoms with van der Waals surface area (Å²) in [6.45, 7) is 18.1. The van der Waals surface area contributed by atoms with Crippen molar-refractivity contribution in [2.45, 2.75) is 96.2 Å². The fraction of sp³-hybridized carbons (Fsp3) is 0.462. The first kappa shape index (κ1) is 42.9. The highest BCUT2D eigenvalue weighted by Gasteiger charge is 2.45. The predicted molar refractivity (Wildman–Crippen MR) is 189 cm³/mol. The van der Waals surface area contributed by atoms with Crippen molar-refractivity contribution in [3.05, 3.63) is 112 Å². The standard InChI is InChI=1S/C26H30F6N2O3.C13H14N2O3/c1-23(2,3)37-22(35)33-34-11-9-24(10-12-34,19-7-5-4-6-8-19)17-36-16-18-13-20(25(27,28)29)15-21(14-18)26(30,31)32;1-13(2,3)17-12(16)15-11(18-15)9-5-7-10(14-4)8-6-9/h4-8,13-15H,9-12,16-17H2,1-3H3,(H,33,35);5-8,11H,1-3H3. The number of nitrogens with one attached hydrogen (secondary N) is 1. The minimum atomic E-state index is -4.92. The van der Waals surface area contributed by atoms with Crippen molar-refractivity contribution < 1.29 is 55.0 Å². The van der Waals surface area contributed by atoms with Gasteiger partial charge in [0, 0.05) is 24.1 Å². The lowest BCUT2D eigenvalue weighted by Crippen LogP contribution is -2.52. The van der Waals surface area contributed by atoms with Crippen molar-refractivity contribution in [3.8, 4) is 0 Å². The molecule has 0 aliphatic carbocycles. The van der Waals surface area contributed by atoms with Gasteiger partial charge in [0.15, 0.2) is 5.69 Å². The fourth-order valence-electron chi connectivity index (χ4n) is 5.69. The molecule has 0 aromatic heterocycles. The first-order valence-corrected chi connectivity index (χ1v) is 17.3. The number of nitrogens with zero attached hydrogens (tertiary/aromatic N) is 3. The van der Waals surface area contributed by atoms with Crippen LogP contribution in [0, 0.1) is 6.57 Å². The Labute approximate surface area is 316 Å². The van der Waals surface area contributed by atoms with Gasteiger partial charge in [-0.1, -0.05) is 54.6 Å². The maximum atomic E-state index is 13.2. The Hall–Kier alpha value is -4.85. The molecule has 3 aromatic carbocycles. The number of benzene rings is 3. The molecule has 0 saturated carbocycles. The Bertz CT molecular complexity index is 1780. The second-order valence-electron chi connectivity index (χ2n) is 15.1. The lowest BCUT2D eigenvalue weighted by Gasteiger charge is -2.42. The molecular formula is C39H44F6N4O6. The van der Waals surface area contributed by atoms with Crippen LogP contribution in [-0.4, -0.2) is 53.2 Å². The van der Waals surface area contributed by atoms with Crippen LogP contribution in [0.1, 0.15) is 88.4 Å². The Balaban J connectivity index is 0.000000311. The van der Waals surface area contributed by atoms with Crippen molar-refractivity contribution >= 4 is 17.9 Å². The zero-order valence-corrected chi connectivity index (χ0v) is 31.3. The van der Waals surface area contributed by atoms with Gasteiger partial charge in [0.2, 0.25) is 6.23 Å². The summed E-state index contributed by atoms with van der Waals surface area (Å²) >= 11 is 0. The summed E-state index contributed by atoms with van der Waals surface area (Å²) in [6, 6.07) is 17.7. The molecule has 2 aliphatic rings. The molecule has 2 fully saturated rings. The van der Waals surface area contributed by atoms with Crippen LogP contribution in [0.25, 0.3) is 4.85 Å². The van der Waals surface area contributed by atoms with Crippen molar-refractivity contribution in [1.29, 1.82) is 0 Å². The molecule has 298 valence electrons. The van der Waals surface area contributed by atoms with Gasteiger partial charge >= 0.3 is 24.5 Å². The number of hydroxylamine groups is 2. The van der Waals surface area contributed by atoms with E-state index in [2.05, 4.69) is 10.3 Å². The van der Waals surface area contributed by atoms with Gasteiger partial charge in [0.05, 0.1) is 30.9 Å². The van der Waals surface area contributed by atoms with Crippen LogP contribution in [0.3, 0.4) is 0 Å². The van der Waals surface area contributed by atoms with E-state index in [1.807, 2.05) is 30.3 Å². The minimum absolute atomic E-state index is 0.0783. The molecule has 2 heterocycles. The molecule has 2 amide bonds. The maximum absolute atomic E-state index is 13.2. The smallest absolute Gasteiger partial charge is 0.437 e. The fourth-order valence-corrected chi connectivity index (χ4v) is 5.69. The van der Waals surface area contributed by atoms with Gasteiger partial charge in [-0.15, -0.1) is 5.06 Å². The van der Waals surface area contributed by atoms with E-state index < -0.39 is 65.1 Å². The first-order valence-electron chi connectivity index (χ1n) is 17.3. The molecule has 0 radical (unpaired) electrons. The molecule has 1 atom stereocenters. The van der Waals surface area contributed by atoms with E-state index in [4.69, 9.17) is 25.6 Å². The third-order valence-electron chi connectivity index (χ3n) is 8.31. The molecule has 0 spiro atoms. The SMILES string of the molecule is CC(C)(C)OC(=O)NN1CCC(COCc2cc(C(F)(F)F)cc(C(F)(F)F)c2)(c2ccccc2)CC1.[C-]#[N+]c1ccc(C2ON2C(=O)OC(C)(C)C)cc1. The van der Waals surface area contributed by atoms with Gasteiger partial charge in [-0.2, -0.15) is 26.3 Å². The maximum Gasteiger partial charge on any atom is 0.437 e. The quantitative estimate of drug-likeness (QED) is 0.145. The van der Waals surface area contributed by atoms with E-state index in [0.717, 1.165) is 11.1 Å². The van der Waals surface area contributed by atoms with Crippen LogP contribution in [0.5, 0.6) is 0 Å². The molecular weight excluding hydrogens is 734 g/mol. The molecule has 3 aromatic rings. The Morgan fingerprint density at radius 2 is 1.38 bits per heavy atom. The van der Waals surface area contributed by atoms with E-state index >= 15 is 0 Å². The van der Waals surface area contributed by atoms with Crippen molar-refractivity contribution in [1.82, 2.24) is 15.5 Å². The third-order valence-corrected chi connectivity index (χ3v) is 8.31. The molecule has 55 heavy (non-hydrogen) atoms. The van der Waals surface area contributed by atoms with Crippen LogP contribution >= 0.6 is 0 Å². The van der Waals surface area contributed by atoms with Gasteiger partial charge in [0.1, 0.15) is 11.2 Å². The average molecular weight is 779 g/mol. The van der Waals surface area contributed by atoms with E-state index in [1.165, 1.54) is 5.06 Å². The topological polar surface area (TPSA) is 97.0 Å². The summed E-state index contributed by atoms with van der Waals surface area (Å²) in [7, 11) is 0. The highest BCUT2D eigenvalue weighted by Crippen LogP contribution is 2.40. The normalized spacial score (nSPS) is 17.3. The minimum Gasteiger partial charge on any atom is -0.443 e. The molecule has 5 rings (SSSR count). The second-order valence-corrected chi connectivity index (χ2v) is 15.1. The summed E-state index contributed by atoms with van der Waals surface area (Å²) in [5.74, 6) is 0. The molecule has 16 heteroatoms. The first-order chi connectivity index (χ1) is 25.5. The Morgan fingerprint density at radius 1 is 0.836 bits per heavy atom. The third kappa shape index (κ3) is 12.9. The van der Waals surface area contributed by atoms with E-state index in [1.54, 1.807) is 70.8 Å². The Kier molecular flexibility index (Phi) is 13.2. The summed E-state index contributed by atoms with van der Waals surface area (Å²) in [4.78, 5) is 32.2. The monoisotopic (exact) mass is 778 g/mol. The molecule has 2 saturated heterocycles. The van der Waals surface area contributed by atoms with Gasteiger partial charge < -0.3 is 14.2 Å². The van der Waals surface area contributed by atoms with Crippen molar-refractivity contribution in [2.24, 2.45) is 0 Å². The predicted octanol–water partition coefficient (Wildman–Crippen LogP) is 10.1. The number of carbonyl (C=O) groups excluding carboxylic acids is 2. The largest absolute Gasteiger partial charge is 0.443 e. The van der Waals surface area contributed by atoms with Crippen LogP contribution in [0.4, 0.5) is 41.6 Å². The number of rotatable bonds is 7. The number of halogens is 6. The number of ether oxygens (including phenoxy) is 3. The summed E-state index contributed by atoms with van der Waals surface area (Å²) in [5.41, 5.74) is 0.329. The summed E-state index contributed by atoms with van der Waals surface area (Å²) in [5, 5.41) is 2.90. The number of hydrogen-bond donors (Lipinski definition) is 1. The lowest BCUT2D eigenvalue weighted by molar-refractivity contribution is -0.143. The van der Waals surface area contributed by atoms with Gasteiger partial charge in [0.25, 0.3) is 0 Å². The molecule has 2 aliphatic heterocycles. The van der Waals surface area contributed by atoms with Crippen molar-refractivity contribution in [3.63, 3.8) is 0 Å². The zero-order valence-electron chi connectivity index (χ0n) is 31.3. The number of hydrazine groups is 1. The van der Waals surface area contributed by atoms with Crippen LogP contribution in [0.2, 0.25) is 0 Å². The number of alkyl halides is 6. The van der Waals surface area contributed by atoms with Crippen molar-refractivity contribution in [2.75, 3.05) is 19.7 Å². The number of amides is 2. The number of hydrogen-bond acceptors (Lipinski definition) is 7. The molecule has 10 nitrogen and oxygen atoms in total. The van der Waals surface area contributed by atoms with Crippen LogP contribution < -0.4 is 5.43 Å². The molecule has 1 unspecified atom stereocenters. The van der Waals surface area contributed by atoms with Gasteiger partial charge in [-0.3, -0.25) is 5.43 Å². The van der Waals surface area contributed by atoms with Crippen LogP contribution in [0.15, 0.2) is 72.8 Å². The molecule has 0 bridgehead atoms.